The molecule has 1 fully saturated rings. The van der Waals surface area contributed by atoms with Crippen LogP contribution < -0.4 is 0 Å². The Labute approximate surface area is 171 Å². The molecule has 152 valence electrons. The van der Waals surface area contributed by atoms with Crippen molar-refractivity contribution in [1.82, 2.24) is 4.90 Å². The summed E-state index contributed by atoms with van der Waals surface area (Å²) < 4.78 is 33.2. The lowest BCUT2D eigenvalue weighted by atomic mass is 9.77. The smallest absolute Gasteiger partial charge is 0.412 e. The van der Waals surface area contributed by atoms with E-state index in [-0.39, 0.29) is 0 Å². The molecule has 1 N–H and O–H groups in total. The third kappa shape index (κ3) is 3.28. The first-order chi connectivity index (χ1) is 14.4. The Balaban J connectivity index is 2.00. The fraction of sp³-hybridized carbons (Fsp3) is 0.130. The molecular formula is C23H17F2NO4. The van der Waals surface area contributed by atoms with Crippen LogP contribution >= 0.6 is 0 Å². The minimum atomic E-state index is -1.50. The number of amides is 1. The normalized spacial score (nSPS) is 17.6. The summed E-state index contributed by atoms with van der Waals surface area (Å²) in [6, 6.07) is 18.8. The van der Waals surface area contributed by atoms with E-state index in [1.165, 1.54) is 48.5 Å². The number of hydrogen-bond acceptors (Lipinski definition) is 3. The zero-order chi connectivity index (χ0) is 21.3. The number of carbonyl (C=O) groups excluding carboxylic acids is 1. The van der Waals surface area contributed by atoms with Crippen LogP contribution in [0.3, 0.4) is 0 Å². The highest BCUT2D eigenvalue weighted by Gasteiger charge is 2.57. The Morgan fingerprint density at radius 1 is 0.900 bits per heavy atom. The van der Waals surface area contributed by atoms with Gasteiger partial charge in [0.25, 0.3) is 0 Å². The van der Waals surface area contributed by atoms with Gasteiger partial charge in [0.2, 0.25) is 0 Å². The van der Waals surface area contributed by atoms with Gasteiger partial charge in [0.1, 0.15) is 24.2 Å². The van der Waals surface area contributed by atoms with Gasteiger partial charge in [0, 0.05) is 11.1 Å². The number of benzene rings is 3. The van der Waals surface area contributed by atoms with Crippen LogP contribution in [0.15, 0.2) is 78.9 Å². The van der Waals surface area contributed by atoms with Crippen molar-refractivity contribution in [2.24, 2.45) is 0 Å². The molecule has 30 heavy (non-hydrogen) atoms. The topological polar surface area (TPSA) is 66.8 Å². The molecule has 3 aromatic rings. The first-order valence-electron chi connectivity index (χ1n) is 9.20. The minimum absolute atomic E-state index is 0.436. The molecule has 0 unspecified atom stereocenters. The number of ether oxygens (including phenoxy) is 1. The summed E-state index contributed by atoms with van der Waals surface area (Å²) >= 11 is 0. The number of cyclic esters (lactones) is 1. The van der Waals surface area contributed by atoms with Gasteiger partial charge in [-0.3, -0.25) is 9.69 Å². The summed E-state index contributed by atoms with van der Waals surface area (Å²) in [5.41, 5.74) is -0.00981. The van der Waals surface area contributed by atoms with Crippen LogP contribution in [-0.2, 0) is 15.1 Å². The van der Waals surface area contributed by atoms with Crippen molar-refractivity contribution < 1.29 is 28.2 Å². The Hall–Kier alpha value is -3.74. The van der Waals surface area contributed by atoms with E-state index in [1.54, 1.807) is 30.3 Å². The van der Waals surface area contributed by atoms with E-state index >= 15 is 0 Å². The van der Waals surface area contributed by atoms with E-state index in [1.807, 2.05) is 0 Å². The van der Waals surface area contributed by atoms with Gasteiger partial charge in [0.05, 0.1) is 0 Å². The summed E-state index contributed by atoms with van der Waals surface area (Å²) in [6.07, 6.45) is -0.833. The largest absolute Gasteiger partial charge is 0.480 e. The lowest BCUT2D eigenvalue weighted by molar-refractivity contribution is -0.138. The molecule has 0 aliphatic carbocycles. The van der Waals surface area contributed by atoms with Crippen LogP contribution in [0.25, 0.3) is 0 Å². The van der Waals surface area contributed by atoms with E-state index in [9.17, 15) is 23.5 Å². The second kappa shape index (κ2) is 7.59. The molecule has 0 aromatic heterocycles. The zero-order valence-corrected chi connectivity index (χ0v) is 15.7. The van der Waals surface area contributed by atoms with Crippen LogP contribution in [0.4, 0.5) is 13.6 Å². The molecule has 1 aliphatic heterocycles. The molecule has 0 saturated carbocycles. The van der Waals surface area contributed by atoms with Crippen LogP contribution in [0.1, 0.15) is 22.7 Å². The highest BCUT2D eigenvalue weighted by atomic mass is 19.1. The molecule has 5 nitrogen and oxygen atoms in total. The van der Waals surface area contributed by atoms with Crippen molar-refractivity contribution in [3.8, 4) is 0 Å². The average Bonchev–Trinajstić information content (AvgIpc) is 3.02. The van der Waals surface area contributed by atoms with E-state index in [4.69, 9.17) is 4.74 Å². The maximum Gasteiger partial charge on any atom is 0.412 e. The lowest BCUT2D eigenvalue weighted by Gasteiger charge is -2.36. The third-order valence-corrected chi connectivity index (χ3v) is 5.15. The SMILES string of the molecule is O=C(O)CN1C(=O)OC(c2ccc(F)cc2)(c2ccc(F)cc2)[C@@H]1c1ccccc1. The van der Waals surface area contributed by atoms with Crippen LogP contribution in [-0.4, -0.2) is 28.6 Å². The van der Waals surface area contributed by atoms with E-state index in [0.29, 0.717) is 16.7 Å². The van der Waals surface area contributed by atoms with Crippen molar-refractivity contribution in [3.05, 3.63) is 107 Å². The second-order valence-corrected chi connectivity index (χ2v) is 6.95. The molecule has 0 spiro atoms. The predicted octanol–water partition coefficient (Wildman–Crippen LogP) is 4.49. The van der Waals surface area contributed by atoms with Gasteiger partial charge in [0.15, 0.2) is 5.60 Å². The average molecular weight is 409 g/mol. The number of carboxylic acid groups (broad SMARTS) is 1. The molecule has 0 radical (unpaired) electrons. The van der Waals surface area contributed by atoms with Crippen molar-refractivity contribution in [2.45, 2.75) is 11.6 Å². The summed E-state index contributed by atoms with van der Waals surface area (Å²) in [5.74, 6) is -2.16. The number of hydrogen-bond donors (Lipinski definition) is 1. The van der Waals surface area contributed by atoms with Crippen LogP contribution in [0, 0.1) is 11.6 Å². The second-order valence-electron chi connectivity index (χ2n) is 6.95. The predicted molar refractivity (Wildman–Crippen MR) is 104 cm³/mol. The summed E-state index contributed by atoms with van der Waals surface area (Å²) in [6.45, 7) is -0.595. The summed E-state index contributed by atoms with van der Waals surface area (Å²) in [4.78, 5) is 25.5. The van der Waals surface area contributed by atoms with Gasteiger partial charge < -0.3 is 9.84 Å². The molecule has 1 amide bonds. The summed E-state index contributed by atoms with van der Waals surface area (Å²) in [5, 5.41) is 9.39. The lowest BCUT2D eigenvalue weighted by Crippen LogP contribution is -2.39. The van der Waals surface area contributed by atoms with Gasteiger partial charge in [-0.2, -0.15) is 0 Å². The van der Waals surface area contributed by atoms with Crippen LogP contribution in [0.5, 0.6) is 0 Å². The minimum Gasteiger partial charge on any atom is -0.480 e. The Morgan fingerprint density at radius 2 is 1.40 bits per heavy atom. The molecular weight excluding hydrogens is 392 g/mol. The van der Waals surface area contributed by atoms with Crippen molar-refractivity contribution in [2.75, 3.05) is 6.54 Å². The van der Waals surface area contributed by atoms with Gasteiger partial charge in [-0.15, -0.1) is 0 Å². The molecule has 7 heteroatoms. The van der Waals surface area contributed by atoms with Gasteiger partial charge >= 0.3 is 12.1 Å². The first kappa shape index (κ1) is 19.6. The highest BCUT2D eigenvalue weighted by Crippen LogP contribution is 2.52. The van der Waals surface area contributed by atoms with E-state index < -0.39 is 41.9 Å². The fourth-order valence-electron chi connectivity index (χ4n) is 3.92. The quantitative estimate of drug-likeness (QED) is 0.675. The van der Waals surface area contributed by atoms with Gasteiger partial charge in [-0.05, 0) is 29.8 Å². The monoisotopic (exact) mass is 409 g/mol. The maximum absolute atomic E-state index is 13.7. The number of nitrogens with zero attached hydrogens (tertiary/aromatic N) is 1. The third-order valence-electron chi connectivity index (χ3n) is 5.15. The number of aliphatic carboxylic acids is 1. The molecule has 1 aliphatic rings. The molecule has 4 rings (SSSR count). The number of halogens is 2. The standard InChI is InChI=1S/C23H17F2NO4/c24-18-10-6-16(7-11-18)23(17-8-12-19(25)13-9-17)21(15-4-2-1-3-5-15)26(14-20(27)28)22(29)30-23/h1-13,21H,14H2,(H,27,28)/t21-/m0/s1. The Morgan fingerprint density at radius 3 is 1.87 bits per heavy atom. The Kier molecular flexibility index (Phi) is 4.95. The molecule has 0 bridgehead atoms. The van der Waals surface area contributed by atoms with E-state index in [2.05, 4.69) is 0 Å². The molecule has 1 heterocycles. The fourth-order valence-corrected chi connectivity index (χ4v) is 3.92. The van der Waals surface area contributed by atoms with E-state index in [0.717, 1.165) is 4.90 Å². The Bertz CT molecular complexity index is 1020. The molecule has 3 aromatic carbocycles. The first-order valence-corrected chi connectivity index (χ1v) is 9.20. The maximum atomic E-state index is 13.7. The van der Waals surface area contributed by atoms with Gasteiger partial charge in [-0.1, -0.05) is 54.6 Å². The highest BCUT2D eigenvalue weighted by molar-refractivity contribution is 5.80. The van der Waals surface area contributed by atoms with Crippen LogP contribution in [0.2, 0.25) is 0 Å². The van der Waals surface area contributed by atoms with Gasteiger partial charge in [-0.25, -0.2) is 13.6 Å². The number of carbonyl (C=O) groups is 2. The molecule has 1 atom stereocenters. The van der Waals surface area contributed by atoms with Crippen molar-refractivity contribution in [1.29, 1.82) is 0 Å². The molecule has 1 saturated heterocycles. The van der Waals surface area contributed by atoms with Crippen molar-refractivity contribution >= 4 is 12.1 Å². The summed E-state index contributed by atoms with van der Waals surface area (Å²) in [7, 11) is 0. The number of rotatable bonds is 5. The number of carboxylic acids is 1. The zero-order valence-electron chi connectivity index (χ0n) is 15.7. The van der Waals surface area contributed by atoms with Crippen molar-refractivity contribution in [3.63, 3.8) is 0 Å².